The number of rotatable bonds is 4. The molecule has 4 aromatic rings. The summed E-state index contributed by atoms with van der Waals surface area (Å²) in [4.78, 5) is 12.9. The molecule has 2 N–H and O–H groups in total. The number of carbonyl (C=O) groups is 1. The van der Waals surface area contributed by atoms with E-state index in [-0.39, 0.29) is 5.91 Å². The molecule has 0 fully saturated rings. The molecule has 0 aliphatic heterocycles. The number of anilines is 3. The van der Waals surface area contributed by atoms with Crippen LogP contribution in [0.5, 0.6) is 0 Å². The summed E-state index contributed by atoms with van der Waals surface area (Å²) in [7, 11) is 0. The number of carbonyl (C=O) groups excluding carboxylic acids is 1. The normalized spacial score (nSPS) is 12.1. The highest BCUT2D eigenvalue weighted by atomic mass is 16.1. The lowest BCUT2D eigenvalue weighted by molar-refractivity contribution is 0.102. The predicted molar refractivity (Wildman–Crippen MR) is 115 cm³/mol. The summed E-state index contributed by atoms with van der Waals surface area (Å²) in [5.74, 6) is -0.0700. The smallest absolute Gasteiger partial charge is 0.256 e. The van der Waals surface area contributed by atoms with Gasteiger partial charge in [0.1, 0.15) is 0 Å². The first-order valence-corrected chi connectivity index (χ1v) is 9.55. The standard InChI is InChI=1S/C25H20N2O/c28-25(23-16-11-18-10-9-17-5-4-8-22(23)24(17)18)27-21-14-12-20(13-15-21)26-19-6-2-1-3-7-19/h1-8,11-16,26H,9-10H2,(H,27,28). The van der Waals surface area contributed by atoms with Crippen LogP contribution in [0.25, 0.3) is 10.8 Å². The minimum Gasteiger partial charge on any atom is -0.356 e. The SMILES string of the molecule is O=C(Nc1ccc(Nc2ccccc2)cc1)c1ccc2c3c(cccc13)CC2. The third kappa shape index (κ3) is 3.01. The first-order valence-electron chi connectivity index (χ1n) is 9.55. The lowest BCUT2D eigenvalue weighted by atomic mass is 9.99. The van der Waals surface area contributed by atoms with Crippen LogP contribution in [-0.2, 0) is 12.8 Å². The van der Waals surface area contributed by atoms with Crippen molar-refractivity contribution in [3.63, 3.8) is 0 Å². The fourth-order valence-electron chi connectivity index (χ4n) is 3.97. The molecule has 0 heterocycles. The number of hydrogen-bond acceptors (Lipinski definition) is 2. The van der Waals surface area contributed by atoms with Crippen LogP contribution in [0.4, 0.5) is 17.1 Å². The summed E-state index contributed by atoms with van der Waals surface area (Å²) >= 11 is 0. The lowest BCUT2D eigenvalue weighted by Crippen LogP contribution is -2.12. The van der Waals surface area contributed by atoms with Crippen LogP contribution in [0, 0.1) is 0 Å². The van der Waals surface area contributed by atoms with Gasteiger partial charge in [-0.05, 0) is 77.2 Å². The summed E-state index contributed by atoms with van der Waals surface area (Å²) in [5, 5.41) is 8.69. The number of aryl methyl sites for hydroxylation is 2. The molecule has 1 amide bonds. The Hall–Kier alpha value is -3.59. The van der Waals surface area contributed by atoms with Gasteiger partial charge in [0.05, 0.1) is 0 Å². The maximum absolute atomic E-state index is 12.9. The summed E-state index contributed by atoms with van der Waals surface area (Å²) in [6, 6.07) is 28.1. The van der Waals surface area contributed by atoms with Crippen molar-refractivity contribution in [2.45, 2.75) is 12.8 Å². The van der Waals surface area contributed by atoms with Gasteiger partial charge in [-0.1, -0.05) is 42.5 Å². The third-order valence-corrected chi connectivity index (χ3v) is 5.33. The average molecular weight is 364 g/mol. The first-order chi connectivity index (χ1) is 13.8. The van der Waals surface area contributed by atoms with Gasteiger partial charge in [0.2, 0.25) is 0 Å². The van der Waals surface area contributed by atoms with Gasteiger partial charge in [-0.15, -0.1) is 0 Å². The summed E-state index contributed by atoms with van der Waals surface area (Å²) in [5.41, 5.74) is 6.22. The Labute approximate surface area is 164 Å². The summed E-state index contributed by atoms with van der Waals surface area (Å²) in [6.45, 7) is 0. The molecule has 136 valence electrons. The number of benzene rings is 4. The number of hydrogen-bond donors (Lipinski definition) is 2. The van der Waals surface area contributed by atoms with E-state index >= 15 is 0 Å². The van der Waals surface area contributed by atoms with Gasteiger partial charge in [-0.3, -0.25) is 4.79 Å². The van der Waals surface area contributed by atoms with Gasteiger partial charge in [-0.25, -0.2) is 0 Å². The number of para-hydroxylation sites is 1. The van der Waals surface area contributed by atoms with Crippen LogP contribution >= 0.6 is 0 Å². The summed E-state index contributed by atoms with van der Waals surface area (Å²) < 4.78 is 0. The van der Waals surface area contributed by atoms with Crippen molar-refractivity contribution in [3.8, 4) is 0 Å². The molecule has 3 heteroatoms. The van der Waals surface area contributed by atoms with Crippen molar-refractivity contribution in [1.29, 1.82) is 0 Å². The van der Waals surface area contributed by atoms with Crippen molar-refractivity contribution < 1.29 is 4.79 Å². The monoisotopic (exact) mass is 364 g/mol. The second-order valence-corrected chi connectivity index (χ2v) is 7.13. The fraction of sp³-hybridized carbons (Fsp3) is 0.0800. The molecule has 5 rings (SSSR count). The largest absolute Gasteiger partial charge is 0.356 e. The minimum atomic E-state index is -0.0700. The molecule has 28 heavy (non-hydrogen) atoms. The van der Waals surface area contributed by atoms with E-state index in [0.717, 1.165) is 40.9 Å². The van der Waals surface area contributed by atoms with Crippen molar-refractivity contribution in [2.24, 2.45) is 0 Å². The van der Waals surface area contributed by atoms with Crippen LogP contribution in [0.1, 0.15) is 21.5 Å². The average Bonchev–Trinajstić information content (AvgIpc) is 3.15. The Balaban J connectivity index is 1.37. The molecule has 0 spiro atoms. The Bertz CT molecular complexity index is 1150. The van der Waals surface area contributed by atoms with E-state index in [1.54, 1.807) is 0 Å². The highest BCUT2D eigenvalue weighted by Crippen LogP contribution is 2.33. The molecule has 1 aliphatic carbocycles. The summed E-state index contributed by atoms with van der Waals surface area (Å²) in [6.07, 6.45) is 2.13. The van der Waals surface area contributed by atoms with E-state index < -0.39 is 0 Å². The predicted octanol–water partition coefficient (Wildman–Crippen LogP) is 5.93. The molecule has 3 nitrogen and oxygen atoms in total. The van der Waals surface area contributed by atoms with Gasteiger partial charge >= 0.3 is 0 Å². The van der Waals surface area contributed by atoms with Gasteiger partial charge in [0.25, 0.3) is 5.91 Å². The van der Waals surface area contributed by atoms with E-state index in [4.69, 9.17) is 0 Å². The van der Waals surface area contributed by atoms with Gasteiger partial charge < -0.3 is 10.6 Å². The number of amides is 1. The third-order valence-electron chi connectivity index (χ3n) is 5.33. The molecular formula is C25H20N2O. The van der Waals surface area contributed by atoms with Crippen molar-refractivity contribution in [1.82, 2.24) is 0 Å². The lowest BCUT2D eigenvalue weighted by Gasteiger charge is -2.11. The molecule has 0 unspecified atom stereocenters. The Morgan fingerprint density at radius 1 is 0.643 bits per heavy atom. The maximum Gasteiger partial charge on any atom is 0.256 e. The Kier molecular flexibility index (Phi) is 4.06. The highest BCUT2D eigenvalue weighted by molar-refractivity contribution is 6.14. The maximum atomic E-state index is 12.9. The molecule has 1 aliphatic rings. The van der Waals surface area contributed by atoms with E-state index in [0.29, 0.717) is 0 Å². The zero-order valence-corrected chi connectivity index (χ0v) is 15.4. The van der Waals surface area contributed by atoms with Crippen molar-refractivity contribution in [3.05, 3.63) is 102 Å². The van der Waals surface area contributed by atoms with Crippen LogP contribution < -0.4 is 10.6 Å². The molecule has 0 atom stereocenters. The molecule has 0 saturated carbocycles. The van der Waals surface area contributed by atoms with Crippen LogP contribution in [0.2, 0.25) is 0 Å². The van der Waals surface area contributed by atoms with Gasteiger partial charge in [0, 0.05) is 22.6 Å². The second kappa shape index (κ2) is 6.86. The van der Waals surface area contributed by atoms with Crippen LogP contribution in [0.15, 0.2) is 84.9 Å². The molecular weight excluding hydrogens is 344 g/mol. The van der Waals surface area contributed by atoms with E-state index in [2.05, 4.69) is 28.8 Å². The molecule has 0 bridgehead atoms. The Morgan fingerprint density at radius 3 is 2.11 bits per heavy atom. The second-order valence-electron chi connectivity index (χ2n) is 7.13. The molecule has 0 saturated heterocycles. The fourth-order valence-corrected chi connectivity index (χ4v) is 3.97. The van der Waals surface area contributed by atoms with Gasteiger partial charge in [0.15, 0.2) is 0 Å². The van der Waals surface area contributed by atoms with Crippen LogP contribution in [0.3, 0.4) is 0 Å². The molecule has 0 radical (unpaired) electrons. The first kappa shape index (κ1) is 16.6. The topological polar surface area (TPSA) is 41.1 Å². The minimum absolute atomic E-state index is 0.0700. The van der Waals surface area contributed by atoms with Gasteiger partial charge in [-0.2, -0.15) is 0 Å². The molecule has 4 aromatic carbocycles. The van der Waals surface area contributed by atoms with E-state index in [1.165, 1.54) is 16.5 Å². The molecule has 0 aromatic heterocycles. The highest BCUT2D eigenvalue weighted by Gasteiger charge is 2.18. The van der Waals surface area contributed by atoms with Crippen molar-refractivity contribution >= 4 is 33.7 Å². The van der Waals surface area contributed by atoms with Crippen LogP contribution in [-0.4, -0.2) is 5.91 Å². The van der Waals surface area contributed by atoms with E-state index in [1.807, 2.05) is 66.7 Å². The van der Waals surface area contributed by atoms with Crippen molar-refractivity contribution in [2.75, 3.05) is 10.6 Å². The zero-order valence-electron chi connectivity index (χ0n) is 15.4. The zero-order chi connectivity index (χ0) is 18.9. The van der Waals surface area contributed by atoms with E-state index in [9.17, 15) is 4.79 Å². The number of nitrogens with one attached hydrogen (secondary N) is 2. The Morgan fingerprint density at radius 2 is 1.32 bits per heavy atom. The quantitative estimate of drug-likeness (QED) is 0.471.